The summed E-state index contributed by atoms with van der Waals surface area (Å²) in [5.74, 6) is 2.69. The van der Waals surface area contributed by atoms with Crippen LogP contribution in [0.5, 0.6) is 0 Å². The Labute approximate surface area is 322 Å². The summed E-state index contributed by atoms with van der Waals surface area (Å²) in [6, 6.07) is 15.2. The molecule has 0 aliphatic heterocycles. The molecular formula is C50H74Si2. The zero-order valence-electron chi connectivity index (χ0n) is 36.2. The molecule has 0 amide bonds. The highest BCUT2D eigenvalue weighted by atomic mass is 29.3. The Morgan fingerprint density at radius 2 is 0.712 bits per heavy atom. The van der Waals surface area contributed by atoms with Gasteiger partial charge in [0.1, 0.15) is 0 Å². The summed E-state index contributed by atoms with van der Waals surface area (Å²) in [6.45, 7) is 40.0. The lowest BCUT2D eigenvalue weighted by Crippen LogP contribution is -2.61. The van der Waals surface area contributed by atoms with Crippen molar-refractivity contribution in [2.45, 2.75) is 168 Å². The first kappa shape index (κ1) is 39.5. The second-order valence-electron chi connectivity index (χ2n) is 22.8. The van der Waals surface area contributed by atoms with Gasteiger partial charge in [-0.25, -0.2) is 0 Å². The number of allylic oxidation sites excluding steroid dienone is 8. The van der Waals surface area contributed by atoms with E-state index in [0.29, 0.717) is 23.7 Å². The van der Waals surface area contributed by atoms with Crippen LogP contribution < -0.4 is 0 Å². The molecule has 0 N–H and O–H groups in total. The number of benzene rings is 2. The molecule has 6 rings (SSSR count). The van der Waals surface area contributed by atoms with Crippen molar-refractivity contribution < 1.29 is 0 Å². The van der Waals surface area contributed by atoms with Crippen molar-refractivity contribution in [2.24, 2.45) is 23.7 Å². The van der Waals surface area contributed by atoms with Gasteiger partial charge >= 0.3 is 0 Å². The topological polar surface area (TPSA) is 0 Å². The summed E-state index contributed by atoms with van der Waals surface area (Å²) in [5, 5.41) is 0. The van der Waals surface area contributed by atoms with Crippen LogP contribution in [0.3, 0.4) is 0 Å². The van der Waals surface area contributed by atoms with Crippen LogP contribution in [-0.4, -0.2) is 15.2 Å². The first-order chi connectivity index (χ1) is 23.8. The molecule has 0 heterocycles. The van der Waals surface area contributed by atoms with Crippen LogP contribution >= 0.6 is 0 Å². The van der Waals surface area contributed by atoms with Gasteiger partial charge in [0.25, 0.3) is 0 Å². The lowest BCUT2D eigenvalue weighted by molar-refractivity contribution is 0.551. The van der Waals surface area contributed by atoms with Gasteiger partial charge in [0, 0.05) is 15.2 Å². The minimum Gasteiger partial charge on any atom is -0.0808 e. The maximum atomic E-state index is 2.86. The third kappa shape index (κ3) is 7.19. The highest BCUT2D eigenvalue weighted by Gasteiger charge is 2.58. The molecule has 2 saturated carbocycles. The molecule has 0 nitrogen and oxygen atoms in total. The average molecular weight is 731 g/mol. The molecule has 4 aliphatic carbocycles. The maximum absolute atomic E-state index is 2.86. The van der Waals surface area contributed by atoms with Crippen LogP contribution in [0.15, 0.2) is 72.9 Å². The molecular weight excluding hydrogens is 657 g/mol. The van der Waals surface area contributed by atoms with E-state index in [1.807, 2.05) is 0 Å². The van der Waals surface area contributed by atoms with Crippen LogP contribution in [0.2, 0.25) is 37.3 Å². The van der Waals surface area contributed by atoms with E-state index in [1.165, 1.54) is 59.1 Å². The minimum atomic E-state index is -1.62. The fourth-order valence-corrected chi connectivity index (χ4v) is 24.8. The van der Waals surface area contributed by atoms with E-state index in [2.05, 4.69) is 182 Å². The SMILES string of the molecule is CC(C)(C)c1cc(C2=CC=CC3C2CCC3[Si](C)(C)[Si](C)(C)C2CCC3C(c4cc(C(C)(C)C)cc(C(C)(C)C)c4)=CC=CC32)cc(C(C)(C)C)c1. The van der Waals surface area contributed by atoms with Crippen molar-refractivity contribution >= 4 is 26.3 Å². The molecule has 0 spiro atoms. The first-order valence-electron chi connectivity index (χ1n) is 20.9. The van der Waals surface area contributed by atoms with Crippen LogP contribution in [-0.2, 0) is 21.7 Å². The van der Waals surface area contributed by atoms with Gasteiger partial charge in [-0.2, -0.15) is 0 Å². The van der Waals surface area contributed by atoms with Crippen LogP contribution in [0, 0.1) is 23.7 Å². The molecule has 0 saturated heterocycles. The average Bonchev–Trinajstić information content (AvgIpc) is 3.68. The maximum Gasteiger partial charge on any atom is 0.0452 e. The molecule has 6 atom stereocenters. The highest BCUT2D eigenvalue weighted by Crippen LogP contribution is 2.61. The normalized spacial score (nSPS) is 27.0. The van der Waals surface area contributed by atoms with Gasteiger partial charge in [0.05, 0.1) is 0 Å². The number of hydrogen-bond donors (Lipinski definition) is 0. The van der Waals surface area contributed by atoms with Crippen LogP contribution in [0.4, 0.5) is 0 Å². The third-order valence-electron chi connectivity index (χ3n) is 15.0. The predicted molar refractivity (Wildman–Crippen MR) is 237 cm³/mol. The molecule has 2 fully saturated rings. The Morgan fingerprint density at radius 1 is 0.423 bits per heavy atom. The van der Waals surface area contributed by atoms with E-state index in [4.69, 9.17) is 0 Å². The molecule has 0 aromatic heterocycles. The fraction of sp³-hybridized carbons (Fsp3) is 0.600. The summed E-state index contributed by atoms with van der Waals surface area (Å²) < 4.78 is 0. The lowest BCUT2D eigenvalue weighted by atomic mass is 9.75. The molecule has 282 valence electrons. The van der Waals surface area contributed by atoms with Gasteiger partial charge in [-0.15, -0.1) is 0 Å². The Morgan fingerprint density at radius 3 is 0.981 bits per heavy atom. The van der Waals surface area contributed by atoms with Gasteiger partial charge in [-0.05, 0) is 114 Å². The van der Waals surface area contributed by atoms with E-state index in [-0.39, 0.29) is 21.7 Å². The quantitative estimate of drug-likeness (QED) is 0.269. The Balaban J connectivity index is 1.28. The summed E-state index contributed by atoms with van der Waals surface area (Å²) in [7, 11) is -3.24. The summed E-state index contributed by atoms with van der Waals surface area (Å²) in [4.78, 5) is 0. The molecule has 2 aromatic rings. The summed E-state index contributed by atoms with van der Waals surface area (Å²) >= 11 is 0. The fourth-order valence-electron chi connectivity index (χ4n) is 10.7. The molecule has 6 unspecified atom stereocenters. The predicted octanol–water partition coefficient (Wildman–Crippen LogP) is 14.8. The zero-order valence-corrected chi connectivity index (χ0v) is 38.2. The number of hydrogen-bond acceptors (Lipinski definition) is 0. The second-order valence-corrected chi connectivity index (χ2v) is 38.9. The van der Waals surface area contributed by atoms with E-state index >= 15 is 0 Å². The van der Waals surface area contributed by atoms with Crippen molar-refractivity contribution in [3.8, 4) is 0 Å². The van der Waals surface area contributed by atoms with Gasteiger partial charge in [-0.3, -0.25) is 0 Å². The lowest BCUT2D eigenvalue weighted by Gasteiger charge is -2.50. The van der Waals surface area contributed by atoms with Gasteiger partial charge in [0.15, 0.2) is 0 Å². The van der Waals surface area contributed by atoms with Gasteiger partial charge in [-0.1, -0.05) is 195 Å². The molecule has 2 aromatic carbocycles. The zero-order chi connectivity index (χ0) is 38.4. The first-order valence-corrected chi connectivity index (χ1v) is 28.1. The molecule has 52 heavy (non-hydrogen) atoms. The highest BCUT2D eigenvalue weighted by molar-refractivity contribution is 7.41. The number of rotatable bonds is 5. The van der Waals surface area contributed by atoms with Crippen LogP contribution in [0.25, 0.3) is 11.1 Å². The van der Waals surface area contributed by atoms with Gasteiger partial charge in [0.2, 0.25) is 0 Å². The van der Waals surface area contributed by atoms with Crippen molar-refractivity contribution in [3.05, 3.63) is 106 Å². The second kappa shape index (κ2) is 13.2. The molecule has 2 heteroatoms. The molecule has 0 radical (unpaired) electrons. The Hall–Kier alpha value is -2.17. The van der Waals surface area contributed by atoms with Gasteiger partial charge < -0.3 is 0 Å². The standard InChI is InChI=1S/C50H74Si2/c1-47(2,3)35-27-33(28-36(31-35)48(4,5)6)39-19-17-21-43-41(39)23-25-45(43)51(13,14)52(15,16)46-26-24-42-40(20-18-22-44(42)46)34-29-37(49(7,8)9)32-38(30-34)50(10,11)12/h17-22,27-32,41-46H,23-26H2,1-16H3. The van der Waals surface area contributed by atoms with Crippen molar-refractivity contribution in [1.29, 1.82) is 0 Å². The third-order valence-corrected chi connectivity index (χ3v) is 35.5. The van der Waals surface area contributed by atoms with E-state index in [0.717, 1.165) is 11.1 Å². The largest absolute Gasteiger partial charge is 0.0808 e. The Kier molecular flexibility index (Phi) is 10.1. The molecule has 4 aliphatic rings. The van der Waals surface area contributed by atoms with Crippen molar-refractivity contribution in [2.75, 3.05) is 0 Å². The smallest absolute Gasteiger partial charge is 0.0452 e. The summed E-state index contributed by atoms with van der Waals surface area (Å²) in [6.07, 6.45) is 20.8. The van der Waals surface area contributed by atoms with Crippen molar-refractivity contribution in [3.63, 3.8) is 0 Å². The van der Waals surface area contributed by atoms with E-state index < -0.39 is 15.2 Å². The minimum absolute atomic E-state index is 0.134. The van der Waals surface area contributed by atoms with Crippen molar-refractivity contribution in [1.82, 2.24) is 0 Å². The number of fused-ring (bicyclic) bond motifs is 2. The van der Waals surface area contributed by atoms with Crippen LogP contribution in [0.1, 0.15) is 142 Å². The van der Waals surface area contributed by atoms with E-state index in [1.54, 1.807) is 11.1 Å². The Bertz CT molecular complexity index is 1600. The monoisotopic (exact) mass is 731 g/mol. The summed E-state index contributed by atoms with van der Waals surface area (Å²) in [5.41, 5.74) is 14.4. The molecule has 0 bridgehead atoms. The van der Waals surface area contributed by atoms with E-state index in [9.17, 15) is 0 Å².